The number of hydrogen-bond donors (Lipinski definition) is 3. The van der Waals surface area contributed by atoms with Crippen molar-refractivity contribution in [1.29, 1.82) is 0 Å². The van der Waals surface area contributed by atoms with Crippen molar-refractivity contribution in [2.75, 3.05) is 33.9 Å². The summed E-state index contributed by atoms with van der Waals surface area (Å²) in [4.78, 5) is 24.4. The molecule has 0 heterocycles. The molecule has 1 amide bonds. The number of aliphatic carboxylic acids is 1. The number of amides is 1. The second-order valence-electron chi connectivity index (χ2n) is 4.96. The molecule has 0 fully saturated rings. The smallest absolute Gasteiger partial charge is 0.326 e. The average Bonchev–Trinajstić information content (AvgIpc) is 2.37. The van der Waals surface area contributed by atoms with E-state index in [0.717, 1.165) is 0 Å². The predicted molar refractivity (Wildman–Crippen MR) is 84.1 cm³/mol. The Hall–Kier alpha value is -1.41. The van der Waals surface area contributed by atoms with Crippen molar-refractivity contribution in [3.63, 3.8) is 0 Å². The van der Waals surface area contributed by atoms with Crippen LogP contribution in [-0.2, 0) is 14.3 Å². The van der Waals surface area contributed by atoms with E-state index in [2.05, 4.69) is 10.6 Å². The number of ether oxygens (including phenoxy) is 1. The topological polar surface area (TPSA) is 90.9 Å². The van der Waals surface area contributed by atoms with Crippen molar-refractivity contribution in [2.24, 2.45) is 5.92 Å². The summed E-state index contributed by atoms with van der Waals surface area (Å²) in [6.45, 7) is 5.03. The van der Waals surface area contributed by atoms with Gasteiger partial charge in [0.1, 0.15) is 6.04 Å². The van der Waals surface area contributed by atoms with Gasteiger partial charge in [0.2, 0.25) is 5.91 Å². The third-order valence-corrected chi connectivity index (χ3v) is 3.20. The molecule has 7 nitrogen and oxygen atoms in total. The summed E-state index contributed by atoms with van der Waals surface area (Å²) in [5.41, 5.74) is 0. The zero-order valence-corrected chi connectivity index (χ0v) is 13.8. The van der Waals surface area contributed by atoms with Crippen molar-refractivity contribution in [3.8, 4) is 0 Å². The number of nitrogens with zero attached hydrogens (tertiary/aromatic N) is 1. The highest BCUT2D eigenvalue weighted by molar-refractivity contribution is 7.80. The summed E-state index contributed by atoms with van der Waals surface area (Å²) >= 11 is 5.02. The van der Waals surface area contributed by atoms with Gasteiger partial charge in [-0.2, -0.15) is 0 Å². The largest absolute Gasteiger partial charge is 0.480 e. The normalized spacial score (nSPS) is 11.9. The number of methoxy groups -OCH3 is 1. The van der Waals surface area contributed by atoms with Crippen LogP contribution in [0.2, 0.25) is 0 Å². The second kappa shape index (κ2) is 10.3. The van der Waals surface area contributed by atoms with Crippen LogP contribution in [-0.4, -0.2) is 66.9 Å². The van der Waals surface area contributed by atoms with E-state index >= 15 is 0 Å². The van der Waals surface area contributed by atoms with Gasteiger partial charge in [-0.25, -0.2) is 4.79 Å². The molecule has 0 saturated carbocycles. The molecule has 21 heavy (non-hydrogen) atoms. The third kappa shape index (κ3) is 7.81. The maximum Gasteiger partial charge on any atom is 0.326 e. The molecule has 8 heteroatoms. The van der Waals surface area contributed by atoms with Crippen LogP contribution in [0.5, 0.6) is 0 Å². The molecule has 0 aromatic rings. The van der Waals surface area contributed by atoms with Gasteiger partial charge in [0.05, 0.1) is 6.61 Å². The molecular weight excluding hydrogens is 294 g/mol. The molecule has 0 aromatic carbocycles. The molecular formula is C13H25N3O4S. The zero-order chi connectivity index (χ0) is 16.4. The van der Waals surface area contributed by atoms with Crippen LogP contribution in [0, 0.1) is 5.92 Å². The molecule has 0 saturated heterocycles. The summed E-state index contributed by atoms with van der Waals surface area (Å²) in [6.07, 6.45) is 0.180. The van der Waals surface area contributed by atoms with E-state index < -0.39 is 12.0 Å². The standard InChI is InChI=1S/C13H25N3O4S/c1-9(2)11(12(18)19)16(3)10(17)5-6-14-13(21)15-7-8-20-4/h9,11H,5-8H2,1-4H3,(H,18,19)(H2,14,15,21). The Morgan fingerprint density at radius 2 is 1.86 bits per heavy atom. The van der Waals surface area contributed by atoms with Gasteiger partial charge in [-0.3, -0.25) is 4.79 Å². The molecule has 122 valence electrons. The third-order valence-electron chi connectivity index (χ3n) is 2.91. The maximum absolute atomic E-state index is 12.0. The Labute approximate surface area is 131 Å². The number of nitrogens with one attached hydrogen (secondary N) is 2. The van der Waals surface area contributed by atoms with E-state index in [4.69, 9.17) is 22.1 Å². The minimum absolute atomic E-state index is 0.152. The first-order chi connectivity index (χ1) is 9.81. The number of carbonyl (C=O) groups excluding carboxylic acids is 1. The minimum Gasteiger partial charge on any atom is -0.480 e. The molecule has 0 spiro atoms. The highest BCUT2D eigenvalue weighted by Crippen LogP contribution is 2.10. The Balaban J connectivity index is 4.13. The maximum atomic E-state index is 12.0. The summed E-state index contributed by atoms with van der Waals surface area (Å²) in [5.74, 6) is -1.38. The highest BCUT2D eigenvalue weighted by atomic mass is 32.1. The Morgan fingerprint density at radius 1 is 1.29 bits per heavy atom. The summed E-state index contributed by atoms with van der Waals surface area (Å²) in [5, 5.41) is 15.4. The Bertz CT molecular complexity index is 363. The quantitative estimate of drug-likeness (QED) is 0.409. The van der Waals surface area contributed by atoms with Crippen LogP contribution in [0.1, 0.15) is 20.3 Å². The average molecular weight is 319 g/mol. The fourth-order valence-electron chi connectivity index (χ4n) is 1.84. The molecule has 0 aliphatic rings. The zero-order valence-electron chi connectivity index (χ0n) is 13.0. The first-order valence-corrected chi connectivity index (χ1v) is 7.21. The lowest BCUT2D eigenvalue weighted by Gasteiger charge is -2.27. The molecule has 0 aromatic heterocycles. The number of thiocarbonyl (C=S) groups is 1. The molecule has 0 rings (SSSR count). The second-order valence-corrected chi connectivity index (χ2v) is 5.37. The molecule has 0 aliphatic carbocycles. The van der Waals surface area contributed by atoms with Crippen LogP contribution < -0.4 is 10.6 Å². The van der Waals surface area contributed by atoms with Crippen molar-refractivity contribution in [1.82, 2.24) is 15.5 Å². The summed E-state index contributed by atoms with van der Waals surface area (Å²) in [7, 11) is 3.11. The number of hydrogen-bond acceptors (Lipinski definition) is 4. The van der Waals surface area contributed by atoms with Gasteiger partial charge in [0.15, 0.2) is 5.11 Å². The van der Waals surface area contributed by atoms with E-state index in [1.165, 1.54) is 11.9 Å². The monoisotopic (exact) mass is 319 g/mol. The lowest BCUT2D eigenvalue weighted by atomic mass is 10.0. The molecule has 0 radical (unpaired) electrons. The van der Waals surface area contributed by atoms with E-state index in [1.807, 2.05) is 0 Å². The number of carboxylic acids is 1. The van der Waals surface area contributed by atoms with Crippen LogP contribution >= 0.6 is 12.2 Å². The van der Waals surface area contributed by atoms with Crippen molar-refractivity contribution in [2.45, 2.75) is 26.3 Å². The first kappa shape index (κ1) is 19.6. The number of carbonyl (C=O) groups is 2. The van der Waals surface area contributed by atoms with Gasteiger partial charge < -0.3 is 25.4 Å². The number of carboxylic acid groups (broad SMARTS) is 1. The van der Waals surface area contributed by atoms with Crippen molar-refractivity contribution >= 4 is 29.2 Å². The van der Waals surface area contributed by atoms with E-state index in [9.17, 15) is 9.59 Å². The summed E-state index contributed by atoms with van der Waals surface area (Å²) < 4.78 is 4.87. The molecule has 3 N–H and O–H groups in total. The molecule has 0 aliphatic heterocycles. The van der Waals surface area contributed by atoms with Gasteiger partial charge in [0.25, 0.3) is 0 Å². The van der Waals surface area contributed by atoms with E-state index in [1.54, 1.807) is 21.0 Å². The Morgan fingerprint density at radius 3 is 2.33 bits per heavy atom. The number of rotatable bonds is 9. The van der Waals surface area contributed by atoms with Gasteiger partial charge in [-0.05, 0) is 18.1 Å². The van der Waals surface area contributed by atoms with E-state index in [0.29, 0.717) is 24.8 Å². The van der Waals surface area contributed by atoms with Gasteiger partial charge in [-0.1, -0.05) is 13.8 Å². The lowest BCUT2D eigenvalue weighted by molar-refractivity contribution is -0.150. The van der Waals surface area contributed by atoms with Crippen LogP contribution in [0.25, 0.3) is 0 Å². The van der Waals surface area contributed by atoms with Gasteiger partial charge in [0, 0.05) is 33.7 Å². The van der Waals surface area contributed by atoms with Crippen molar-refractivity contribution in [3.05, 3.63) is 0 Å². The van der Waals surface area contributed by atoms with Crippen LogP contribution in [0.4, 0.5) is 0 Å². The highest BCUT2D eigenvalue weighted by Gasteiger charge is 2.28. The predicted octanol–water partition coefficient (Wildman–Crippen LogP) is 0.0546. The minimum atomic E-state index is -0.995. The molecule has 0 bridgehead atoms. The van der Waals surface area contributed by atoms with Gasteiger partial charge in [-0.15, -0.1) is 0 Å². The molecule has 1 unspecified atom stereocenters. The van der Waals surface area contributed by atoms with Crippen LogP contribution in [0.15, 0.2) is 0 Å². The number of likely N-dealkylation sites (N-methyl/N-ethyl adjacent to an activating group) is 1. The molecule has 1 atom stereocenters. The van der Waals surface area contributed by atoms with E-state index in [-0.39, 0.29) is 18.2 Å². The summed E-state index contributed by atoms with van der Waals surface area (Å²) in [6, 6.07) is -0.815. The van der Waals surface area contributed by atoms with Crippen LogP contribution in [0.3, 0.4) is 0 Å². The fraction of sp³-hybridized carbons (Fsp3) is 0.769. The Kier molecular flexibility index (Phi) is 9.64. The van der Waals surface area contributed by atoms with Crippen molar-refractivity contribution < 1.29 is 19.4 Å². The first-order valence-electron chi connectivity index (χ1n) is 6.80. The van der Waals surface area contributed by atoms with Gasteiger partial charge >= 0.3 is 5.97 Å². The lowest BCUT2D eigenvalue weighted by Crippen LogP contribution is -2.46. The SMILES string of the molecule is COCCNC(=S)NCCC(=O)N(C)C(C(=O)O)C(C)C. The fourth-order valence-corrected chi connectivity index (χ4v) is 2.05.